The predicted molar refractivity (Wildman–Crippen MR) is 161 cm³/mol. The summed E-state index contributed by atoms with van der Waals surface area (Å²) in [5, 5.41) is 9.34. The van der Waals surface area contributed by atoms with Crippen LogP contribution in [0.3, 0.4) is 0 Å². The Morgan fingerprint density at radius 1 is 1.20 bits per heavy atom. The zero-order chi connectivity index (χ0) is 30.3. The van der Waals surface area contributed by atoms with E-state index in [1.807, 2.05) is 32.0 Å². The second-order valence-electron chi connectivity index (χ2n) is 13.0. The minimum atomic E-state index is -3.74. The summed E-state index contributed by atoms with van der Waals surface area (Å²) < 4.78 is 42.2. The Hall–Kier alpha value is -2.68. The summed E-state index contributed by atoms with van der Waals surface area (Å²) in [6, 6.07) is 10.9. The molecule has 0 bridgehead atoms. The average Bonchev–Trinajstić information content (AvgIpc) is 2.89. The van der Waals surface area contributed by atoms with Crippen molar-refractivity contribution in [3.05, 3.63) is 70.8 Å². The van der Waals surface area contributed by atoms with Crippen LogP contribution in [0.1, 0.15) is 95.1 Å². The van der Waals surface area contributed by atoms with Crippen molar-refractivity contribution in [2.24, 2.45) is 5.92 Å². The zero-order valence-corrected chi connectivity index (χ0v) is 26.3. The van der Waals surface area contributed by atoms with Gasteiger partial charge in [-0.05, 0) is 79.3 Å². The fourth-order valence-electron chi connectivity index (χ4n) is 6.13. The molecule has 2 saturated heterocycles. The molecule has 2 heterocycles. The van der Waals surface area contributed by atoms with Gasteiger partial charge in [0.2, 0.25) is 10.0 Å². The molecule has 224 valence electrons. The van der Waals surface area contributed by atoms with E-state index >= 15 is 0 Å². The Bertz CT molecular complexity index is 1390. The van der Waals surface area contributed by atoms with Crippen LogP contribution in [-0.2, 0) is 25.0 Å². The molecule has 2 aromatic carbocycles. The van der Waals surface area contributed by atoms with Crippen molar-refractivity contribution in [3.63, 3.8) is 0 Å². The van der Waals surface area contributed by atoms with E-state index in [0.717, 1.165) is 34.2 Å². The van der Waals surface area contributed by atoms with Gasteiger partial charge in [-0.2, -0.15) is 4.31 Å². The van der Waals surface area contributed by atoms with Gasteiger partial charge in [-0.3, -0.25) is 0 Å². The van der Waals surface area contributed by atoms with E-state index in [1.165, 1.54) is 0 Å². The zero-order valence-electron chi connectivity index (χ0n) is 25.4. The highest BCUT2D eigenvalue weighted by Crippen LogP contribution is 2.48. The molecule has 8 heteroatoms. The fourth-order valence-corrected chi connectivity index (χ4v) is 7.82. The molecule has 41 heavy (non-hydrogen) atoms. The molecule has 0 aromatic heterocycles. The van der Waals surface area contributed by atoms with Crippen molar-refractivity contribution in [1.82, 2.24) is 4.31 Å². The Labute approximate surface area is 245 Å². The highest BCUT2D eigenvalue weighted by Gasteiger charge is 2.48. The van der Waals surface area contributed by atoms with Crippen molar-refractivity contribution >= 4 is 16.0 Å². The number of sulfonamides is 1. The lowest BCUT2D eigenvalue weighted by Gasteiger charge is -2.49. The number of aliphatic carboxylic acids is 1. The first kappa shape index (κ1) is 31.3. The largest absolute Gasteiger partial charge is 0.482 e. The summed E-state index contributed by atoms with van der Waals surface area (Å²) >= 11 is 0. The first-order valence-electron chi connectivity index (χ1n) is 14.5. The van der Waals surface area contributed by atoms with Crippen LogP contribution in [0.2, 0.25) is 0 Å². The topological polar surface area (TPSA) is 93.1 Å². The number of aryl methyl sites for hydroxylation is 1. The molecule has 1 N–H and O–H groups in total. The van der Waals surface area contributed by atoms with Gasteiger partial charge in [-0.15, -0.1) is 0 Å². The highest BCUT2D eigenvalue weighted by molar-refractivity contribution is 7.89. The molecule has 0 spiro atoms. The van der Waals surface area contributed by atoms with Gasteiger partial charge in [0.25, 0.3) is 0 Å². The fraction of sp³-hybridized carbons (Fsp3) is 0.545. The number of carboxylic acids is 1. The molecule has 2 aliphatic rings. The lowest BCUT2D eigenvalue weighted by atomic mass is 9.78. The SMILES string of the molecule is C=C(C)[C@H]1C[C@H]2[C@H](CCCN2S(=O)(=O)c2ccc(C(C)(C)C)cc2)O[C@@H]1c1c(C)cc(C(C)C)cc1OCC(=O)O. The molecule has 0 aliphatic carbocycles. The standard InChI is InChI=1S/C33H45NO6S/c1-20(2)23-16-22(5)31(29(17-23)39-19-30(35)36)32-26(21(3)4)18-27-28(40-32)10-9-15-34(27)41(37,38)25-13-11-24(12-14-25)33(6,7)8/h11-14,16-17,20,26-28,32H,3,9-10,15,18-19H2,1-2,4-8H3,(H,35,36)/t26-,27+,28+,32+/m1/s1. The second kappa shape index (κ2) is 11.9. The number of carbonyl (C=O) groups is 1. The molecular formula is C33H45NO6S. The van der Waals surface area contributed by atoms with Crippen LogP contribution < -0.4 is 4.74 Å². The Balaban J connectivity index is 1.70. The van der Waals surface area contributed by atoms with Crippen molar-refractivity contribution in [2.45, 2.75) is 102 Å². The normalized spacial score (nSPS) is 23.7. The van der Waals surface area contributed by atoms with Crippen LogP contribution in [0.4, 0.5) is 0 Å². The average molecular weight is 584 g/mol. The van der Waals surface area contributed by atoms with Gasteiger partial charge in [-0.25, -0.2) is 13.2 Å². The molecule has 0 amide bonds. The van der Waals surface area contributed by atoms with Gasteiger partial charge < -0.3 is 14.6 Å². The molecule has 7 nitrogen and oxygen atoms in total. The molecule has 0 radical (unpaired) electrons. The van der Waals surface area contributed by atoms with Crippen molar-refractivity contribution < 1.29 is 27.8 Å². The third kappa shape index (κ3) is 6.55. The maximum Gasteiger partial charge on any atom is 0.341 e. The third-order valence-corrected chi connectivity index (χ3v) is 10.4. The summed E-state index contributed by atoms with van der Waals surface area (Å²) in [6.07, 6.45) is 1.27. The molecule has 4 atom stereocenters. The number of hydrogen-bond donors (Lipinski definition) is 1. The molecule has 2 aliphatic heterocycles. The van der Waals surface area contributed by atoms with Gasteiger partial charge in [0.05, 0.1) is 23.1 Å². The van der Waals surface area contributed by atoms with Crippen molar-refractivity contribution in [3.8, 4) is 5.75 Å². The van der Waals surface area contributed by atoms with Gasteiger partial charge in [-0.1, -0.05) is 65.0 Å². The first-order valence-corrected chi connectivity index (χ1v) is 16.0. The smallest absolute Gasteiger partial charge is 0.341 e. The van der Waals surface area contributed by atoms with Crippen LogP contribution in [-0.4, -0.2) is 49.1 Å². The Morgan fingerprint density at radius 3 is 2.41 bits per heavy atom. The van der Waals surface area contributed by atoms with E-state index in [1.54, 1.807) is 16.4 Å². The van der Waals surface area contributed by atoms with Gasteiger partial charge in [0.1, 0.15) is 5.75 Å². The van der Waals surface area contributed by atoms with E-state index < -0.39 is 28.7 Å². The van der Waals surface area contributed by atoms with Crippen LogP contribution in [0.25, 0.3) is 0 Å². The number of hydrogen-bond acceptors (Lipinski definition) is 5. The minimum absolute atomic E-state index is 0.0714. The van der Waals surface area contributed by atoms with E-state index in [-0.39, 0.29) is 29.4 Å². The summed E-state index contributed by atoms with van der Waals surface area (Å²) in [6.45, 7) is 18.7. The number of fused-ring (bicyclic) bond motifs is 1. The Morgan fingerprint density at radius 2 is 1.85 bits per heavy atom. The quantitative estimate of drug-likeness (QED) is 0.346. The van der Waals surface area contributed by atoms with E-state index in [4.69, 9.17) is 9.47 Å². The number of ether oxygens (including phenoxy) is 2. The number of piperidine rings is 1. The van der Waals surface area contributed by atoms with Gasteiger partial charge in [0.15, 0.2) is 6.61 Å². The molecule has 0 saturated carbocycles. The summed E-state index contributed by atoms with van der Waals surface area (Å²) in [5.74, 6) is -0.484. The summed E-state index contributed by atoms with van der Waals surface area (Å²) in [4.78, 5) is 11.7. The van der Waals surface area contributed by atoms with Crippen LogP contribution in [0.5, 0.6) is 5.75 Å². The van der Waals surface area contributed by atoms with E-state index in [0.29, 0.717) is 30.0 Å². The van der Waals surface area contributed by atoms with Gasteiger partial charge >= 0.3 is 5.97 Å². The Kier molecular flexibility index (Phi) is 9.07. The van der Waals surface area contributed by atoms with E-state index in [9.17, 15) is 18.3 Å². The van der Waals surface area contributed by atoms with Crippen LogP contribution in [0.15, 0.2) is 53.4 Å². The monoisotopic (exact) mass is 583 g/mol. The van der Waals surface area contributed by atoms with Crippen molar-refractivity contribution in [1.29, 1.82) is 0 Å². The third-order valence-electron chi connectivity index (χ3n) is 8.48. The number of rotatable bonds is 8. The molecule has 2 fully saturated rings. The maximum absolute atomic E-state index is 14.0. The molecule has 2 aromatic rings. The molecular weight excluding hydrogens is 538 g/mol. The highest BCUT2D eigenvalue weighted by atomic mass is 32.2. The second-order valence-corrected chi connectivity index (χ2v) is 14.9. The summed E-state index contributed by atoms with van der Waals surface area (Å²) in [7, 11) is -3.74. The maximum atomic E-state index is 14.0. The van der Waals surface area contributed by atoms with Crippen LogP contribution in [0, 0.1) is 12.8 Å². The number of benzene rings is 2. The van der Waals surface area contributed by atoms with Gasteiger partial charge in [0, 0.05) is 18.0 Å². The van der Waals surface area contributed by atoms with Crippen molar-refractivity contribution in [2.75, 3.05) is 13.2 Å². The number of carboxylic acid groups (broad SMARTS) is 1. The summed E-state index contributed by atoms with van der Waals surface area (Å²) in [5.41, 5.74) is 4.74. The minimum Gasteiger partial charge on any atom is -0.482 e. The van der Waals surface area contributed by atoms with E-state index in [2.05, 4.69) is 47.3 Å². The lowest BCUT2D eigenvalue weighted by molar-refractivity contribution is -0.139. The lowest BCUT2D eigenvalue weighted by Crippen LogP contribution is -2.55. The molecule has 0 unspecified atom stereocenters. The van der Waals surface area contributed by atoms with Crippen LogP contribution >= 0.6 is 0 Å². The number of nitrogens with zero attached hydrogens (tertiary/aromatic N) is 1. The molecule has 4 rings (SSSR count). The first-order chi connectivity index (χ1) is 19.1. The predicted octanol–water partition coefficient (Wildman–Crippen LogP) is 6.75.